The molecule has 12 heteroatoms. The molecule has 2 aromatic heterocycles. The Labute approximate surface area is 189 Å². The Morgan fingerprint density at radius 3 is 2.36 bits per heavy atom. The van der Waals surface area contributed by atoms with Gasteiger partial charge in [-0.05, 0) is 24.1 Å². The van der Waals surface area contributed by atoms with Gasteiger partial charge >= 0.3 is 0 Å². The monoisotopic (exact) mass is 461 g/mol. The largest absolute Gasteiger partial charge is 0.493 e. The van der Waals surface area contributed by atoms with E-state index in [2.05, 4.69) is 20.3 Å². The van der Waals surface area contributed by atoms with Crippen molar-refractivity contribution in [3.8, 4) is 17.2 Å². The molecule has 4 atom stereocenters. The number of hydrogen-bond donors (Lipinski definition) is 4. The maximum atomic E-state index is 10.3. The van der Waals surface area contributed by atoms with Gasteiger partial charge in [-0.3, -0.25) is 4.57 Å². The first-order chi connectivity index (χ1) is 16.0. The first kappa shape index (κ1) is 23.0. The molecule has 0 amide bonds. The van der Waals surface area contributed by atoms with Gasteiger partial charge in [0.2, 0.25) is 5.75 Å². The fraction of sp³-hybridized carbons (Fsp3) is 0.476. The molecule has 1 aromatic carbocycles. The Bertz CT molecular complexity index is 1080. The van der Waals surface area contributed by atoms with Gasteiger partial charge in [0, 0.05) is 6.54 Å². The molecule has 33 heavy (non-hydrogen) atoms. The van der Waals surface area contributed by atoms with Gasteiger partial charge in [0.15, 0.2) is 34.7 Å². The highest BCUT2D eigenvalue weighted by Gasteiger charge is 2.44. The van der Waals surface area contributed by atoms with Gasteiger partial charge in [-0.1, -0.05) is 0 Å². The summed E-state index contributed by atoms with van der Waals surface area (Å²) in [7, 11) is 4.70. The maximum Gasteiger partial charge on any atom is 0.203 e. The van der Waals surface area contributed by atoms with E-state index in [9.17, 15) is 15.3 Å². The average molecular weight is 461 g/mol. The number of aliphatic hydroxyl groups excluding tert-OH is 3. The van der Waals surface area contributed by atoms with E-state index in [0.717, 1.165) is 5.56 Å². The Hall–Kier alpha value is -3.19. The molecule has 0 unspecified atom stereocenters. The lowest BCUT2D eigenvalue weighted by Crippen LogP contribution is -2.33. The Morgan fingerprint density at radius 2 is 1.76 bits per heavy atom. The third-order valence-corrected chi connectivity index (χ3v) is 5.58. The summed E-state index contributed by atoms with van der Waals surface area (Å²) in [4.78, 5) is 12.9. The number of imidazole rings is 1. The zero-order valence-corrected chi connectivity index (χ0v) is 18.5. The fourth-order valence-electron chi connectivity index (χ4n) is 3.88. The number of ether oxygens (including phenoxy) is 4. The predicted octanol–water partition coefficient (Wildman–Crippen LogP) is 0.118. The van der Waals surface area contributed by atoms with Crippen LogP contribution in [0.25, 0.3) is 11.2 Å². The number of hydrogen-bond acceptors (Lipinski definition) is 11. The maximum absolute atomic E-state index is 10.3. The van der Waals surface area contributed by atoms with E-state index < -0.39 is 31.1 Å². The average Bonchev–Trinajstić information content (AvgIpc) is 3.39. The number of benzene rings is 1. The van der Waals surface area contributed by atoms with Gasteiger partial charge in [-0.15, -0.1) is 0 Å². The van der Waals surface area contributed by atoms with Gasteiger partial charge in [-0.2, -0.15) is 0 Å². The van der Waals surface area contributed by atoms with Crippen LogP contribution in [-0.2, 0) is 11.2 Å². The molecule has 0 saturated carbocycles. The number of nitrogens with zero attached hydrogens (tertiary/aromatic N) is 4. The van der Waals surface area contributed by atoms with Crippen molar-refractivity contribution < 1.29 is 34.3 Å². The highest BCUT2D eigenvalue weighted by molar-refractivity contribution is 5.82. The lowest BCUT2D eigenvalue weighted by Gasteiger charge is -2.16. The molecule has 3 aromatic rings. The summed E-state index contributed by atoms with van der Waals surface area (Å²) in [6.07, 6.45) is -0.781. The van der Waals surface area contributed by atoms with Crippen molar-refractivity contribution in [2.45, 2.75) is 31.0 Å². The summed E-state index contributed by atoms with van der Waals surface area (Å²) < 4.78 is 23.3. The smallest absolute Gasteiger partial charge is 0.203 e. The number of anilines is 1. The van der Waals surface area contributed by atoms with E-state index in [4.69, 9.17) is 18.9 Å². The zero-order valence-electron chi connectivity index (χ0n) is 18.5. The minimum absolute atomic E-state index is 0.413. The van der Waals surface area contributed by atoms with E-state index in [-0.39, 0.29) is 0 Å². The van der Waals surface area contributed by atoms with Crippen LogP contribution in [0.4, 0.5) is 5.82 Å². The minimum Gasteiger partial charge on any atom is -0.493 e. The van der Waals surface area contributed by atoms with Crippen molar-refractivity contribution in [1.82, 2.24) is 19.5 Å². The number of fused-ring (bicyclic) bond motifs is 1. The van der Waals surface area contributed by atoms with Gasteiger partial charge in [0.1, 0.15) is 24.6 Å². The molecule has 0 radical (unpaired) electrons. The fourth-order valence-corrected chi connectivity index (χ4v) is 3.88. The summed E-state index contributed by atoms with van der Waals surface area (Å²) in [5.41, 5.74) is 1.88. The summed E-state index contributed by atoms with van der Waals surface area (Å²) >= 11 is 0. The first-order valence-corrected chi connectivity index (χ1v) is 10.3. The third-order valence-electron chi connectivity index (χ3n) is 5.58. The second-order valence-electron chi connectivity index (χ2n) is 7.49. The molecular weight excluding hydrogens is 434 g/mol. The Balaban J connectivity index is 1.51. The van der Waals surface area contributed by atoms with Crippen LogP contribution >= 0.6 is 0 Å². The van der Waals surface area contributed by atoms with E-state index in [1.54, 1.807) is 21.3 Å². The van der Waals surface area contributed by atoms with Crippen LogP contribution in [0.3, 0.4) is 0 Å². The van der Waals surface area contributed by atoms with E-state index in [1.807, 2.05) is 12.1 Å². The highest BCUT2D eigenvalue weighted by Crippen LogP contribution is 2.38. The van der Waals surface area contributed by atoms with Crippen molar-refractivity contribution >= 4 is 17.0 Å². The molecular formula is C21H27N5O7. The van der Waals surface area contributed by atoms with Crippen molar-refractivity contribution in [2.24, 2.45) is 0 Å². The molecule has 12 nitrogen and oxygen atoms in total. The third kappa shape index (κ3) is 4.25. The summed E-state index contributed by atoms with van der Waals surface area (Å²) in [5, 5.41) is 33.0. The molecule has 3 heterocycles. The lowest BCUT2D eigenvalue weighted by molar-refractivity contribution is -0.0511. The van der Waals surface area contributed by atoms with Crippen molar-refractivity contribution in [3.63, 3.8) is 0 Å². The van der Waals surface area contributed by atoms with Crippen LogP contribution in [0.1, 0.15) is 11.8 Å². The zero-order chi connectivity index (χ0) is 23.5. The van der Waals surface area contributed by atoms with Crippen LogP contribution in [-0.4, -0.2) is 87.6 Å². The van der Waals surface area contributed by atoms with Crippen LogP contribution in [0.2, 0.25) is 0 Å². The molecule has 178 valence electrons. The second-order valence-corrected chi connectivity index (χ2v) is 7.49. The predicted molar refractivity (Wildman–Crippen MR) is 117 cm³/mol. The van der Waals surface area contributed by atoms with Gasteiger partial charge in [0.25, 0.3) is 0 Å². The van der Waals surface area contributed by atoms with E-state index in [1.165, 1.54) is 17.2 Å². The van der Waals surface area contributed by atoms with Crippen molar-refractivity contribution in [2.75, 3.05) is 39.8 Å². The molecule has 1 aliphatic rings. The lowest BCUT2D eigenvalue weighted by atomic mass is 10.1. The number of nitrogens with one attached hydrogen (secondary N) is 1. The number of aromatic nitrogens is 4. The molecule has 1 fully saturated rings. The quantitative estimate of drug-likeness (QED) is 0.344. The van der Waals surface area contributed by atoms with Gasteiger partial charge in [0.05, 0.1) is 34.3 Å². The van der Waals surface area contributed by atoms with E-state index >= 15 is 0 Å². The molecule has 4 rings (SSSR count). The van der Waals surface area contributed by atoms with Crippen LogP contribution < -0.4 is 19.5 Å². The van der Waals surface area contributed by atoms with Crippen molar-refractivity contribution in [3.05, 3.63) is 30.4 Å². The van der Waals surface area contributed by atoms with E-state index in [0.29, 0.717) is 47.2 Å². The summed E-state index contributed by atoms with van der Waals surface area (Å²) in [6, 6.07) is 3.77. The molecule has 1 saturated heterocycles. The molecule has 0 spiro atoms. The molecule has 0 aliphatic carbocycles. The Kier molecular flexibility index (Phi) is 6.79. The summed E-state index contributed by atoms with van der Waals surface area (Å²) in [5.74, 6) is 2.20. The topological polar surface area (TPSA) is 153 Å². The molecule has 0 bridgehead atoms. The standard InChI is InChI=1S/C21H27N5O7/c1-30-12-6-11(7-13(31-2)18(12)32-3)4-5-22-19-15-20(24-9-23-19)26(10-25-15)21-17(29)16(28)14(8-27)33-21/h6-7,9-10,14,16-17,21,27-29H,4-5,8H2,1-3H3,(H,22,23,24)/t14-,16-,17-,21-/m1/s1. The highest BCUT2D eigenvalue weighted by atomic mass is 16.6. The van der Waals surface area contributed by atoms with Crippen LogP contribution in [0.15, 0.2) is 24.8 Å². The Morgan fingerprint density at radius 1 is 1.03 bits per heavy atom. The first-order valence-electron chi connectivity index (χ1n) is 10.3. The number of aliphatic hydroxyl groups is 3. The minimum atomic E-state index is -1.23. The van der Waals surface area contributed by atoms with Gasteiger partial charge < -0.3 is 39.6 Å². The number of methoxy groups -OCH3 is 3. The van der Waals surface area contributed by atoms with Gasteiger partial charge in [-0.25, -0.2) is 15.0 Å². The molecule has 4 N–H and O–H groups in total. The second kappa shape index (κ2) is 9.75. The molecule has 1 aliphatic heterocycles. The number of rotatable bonds is 9. The van der Waals surface area contributed by atoms with Crippen LogP contribution in [0, 0.1) is 0 Å². The normalized spacial score (nSPS) is 22.5. The SMILES string of the molecule is COc1cc(CCNc2ncnc3c2ncn3[C@@H]2O[C@H](CO)[C@@H](O)[C@H]2O)cc(OC)c1OC. The summed E-state index contributed by atoms with van der Waals surface area (Å²) in [6.45, 7) is 0.121. The van der Waals surface area contributed by atoms with Crippen LogP contribution in [0.5, 0.6) is 17.2 Å². The van der Waals surface area contributed by atoms with Crippen molar-refractivity contribution in [1.29, 1.82) is 0 Å².